The largest absolute Gasteiger partial charge is 0.379 e. The van der Waals surface area contributed by atoms with Crippen molar-refractivity contribution in [3.8, 4) is 0 Å². The molecule has 3 rings (SSSR count). The van der Waals surface area contributed by atoms with Crippen molar-refractivity contribution < 1.29 is 4.79 Å². The van der Waals surface area contributed by atoms with Crippen LogP contribution in [-0.2, 0) is 11.3 Å². The van der Waals surface area contributed by atoms with Gasteiger partial charge < -0.3 is 5.32 Å². The number of carbonyl (C=O) groups is 1. The van der Waals surface area contributed by atoms with Gasteiger partial charge in [0.25, 0.3) is 0 Å². The van der Waals surface area contributed by atoms with Gasteiger partial charge in [-0.25, -0.2) is 0 Å². The number of Topliss-reactive ketones (excluding diaryl/α,β-unsaturated/α-hetero) is 1. The number of nitrogens with zero attached hydrogens (tertiary/aromatic N) is 4. The van der Waals surface area contributed by atoms with Crippen molar-refractivity contribution in [3.63, 3.8) is 0 Å². The van der Waals surface area contributed by atoms with E-state index in [2.05, 4.69) is 53.3 Å². The monoisotopic (exact) mass is 395 g/mol. The third kappa shape index (κ3) is 6.24. The van der Waals surface area contributed by atoms with Crippen LogP contribution in [0.25, 0.3) is 5.57 Å². The highest BCUT2D eigenvalue weighted by Crippen LogP contribution is 2.28. The van der Waals surface area contributed by atoms with E-state index in [4.69, 9.17) is 0 Å². The summed E-state index contributed by atoms with van der Waals surface area (Å²) in [6.07, 6.45) is 17.9. The van der Waals surface area contributed by atoms with Crippen LogP contribution in [0.5, 0.6) is 0 Å². The van der Waals surface area contributed by atoms with Crippen LogP contribution in [-0.4, -0.2) is 32.0 Å². The number of allylic oxidation sites excluding steroid dienone is 7. The van der Waals surface area contributed by atoms with E-state index < -0.39 is 0 Å². The van der Waals surface area contributed by atoms with Crippen molar-refractivity contribution in [2.75, 3.05) is 0 Å². The van der Waals surface area contributed by atoms with E-state index in [1.807, 2.05) is 18.2 Å². The van der Waals surface area contributed by atoms with Crippen molar-refractivity contribution in [1.82, 2.24) is 25.5 Å². The van der Waals surface area contributed by atoms with Crippen molar-refractivity contribution >= 4 is 11.4 Å². The molecule has 0 aromatic carbocycles. The molecule has 0 aliphatic heterocycles. The second kappa shape index (κ2) is 10.3. The summed E-state index contributed by atoms with van der Waals surface area (Å²) in [5.41, 5.74) is 1.91. The summed E-state index contributed by atoms with van der Waals surface area (Å²) in [7, 11) is 0. The third-order valence-corrected chi connectivity index (χ3v) is 5.54. The quantitative estimate of drug-likeness (QED) is 0.677. The number of hydrogen-bond acceptors (Lipinski definition) is 5. The molecule has 2 aliphatic carbocycles. The second-order valence-electron chi connectivity index (χ2n) is 8.48. The average Bonchev–Trinajstić information content (AvgIpc) is 2.99. The van der Waals surface area contributed by atoms with Gasteiger partial charge in [0.2, 0.25) is 5.82 Å². The first kappa shape index (κ1) is 21.2. The molecule has 1 fully saturated rings. The van der Waals surface area contributed by atoms with Gasteiger partial charge in [-0.15, -0.1) is 10.2 Å². The minimum atomic E-state index is -0.265. The zero-order valence-corrected chi connectivity index (χ0v) is 17.7. The molecule has 1 saturated carbocycles. The Bertz CT molecular complexity index is 796. The predicted octanol–water partition coefficient (Wildman–Crippen LogP) is 4.24. The number of nitrogens with one attached hydrogen (secondary N) is 1. The summed E-state index contributed by atoms with van der Waals surface area (Å²) >= 11 is 0. The molecule has 6 nitrogen and oxygen atoms in total. The number of carbonyl (C=O) groups excluding carboxylic acids is 1. The lowest BCUT2D eigenvalue weighted by molar-refractivity contribution is -0.122. The molecule has 1 N–H and O–H groups in total. The van der Waals surface area contributed by atoms with Crippen molar-refractivity contribution in [2.24, 2.45) is 11.8 Å². The van der Waals surface area contributed by atoms with Gasteiger partial charge in [-0.2, -0.15) is 4.80 Å². The zero-order valence-electron chi connectivity index (χ0n) is 17.7. The van der Waals surface area contributed by atoms with E-state index in [9.17, 15) is 4.79 Å². The first-order chi connectivity index (χ1) is 14.0. The lowest BCUT2D eigenvalue weighted by atomic mass is 9.86. The van der Waals surface area contributed by atoms with Crippen LogP contribution in [0.2, 0.25) is 0 Å². The van der Waals surface area contributed by atoms with Gasteiger partial charge in [0, 0.05) is 11.3 Å². The highest BCUT2D eigenvalue weighted by Gasteiger charge is 2.25. The maximum absolute atomic E-state index is 13.0. The Morgan fingerprint density at radius 2 is 2.07 bits per heavy atom. The number of hydrogen-bond donors (Lipinski definition) is 1. The molecular weight excluding hydrogens is 362 g/mol. The van der Waals surface area contributed by atoms with E-state index in [0.29, 0.717) is 17.7 Å². The smallest absolute Gasteiger partial charge is 0.204 e. The van der Waals surface area contributed by atoms with E-state index in [0.717, 1.165) is 24.1 Å². The zero-order chi connectivity index (χ0) is 20.6. The summed E-state index contributed by atoms with van der Waals surface area (Å²) in [5, 5.41) is 16.1. The molecule has 0 bridgehead atoms. The molecule has 2 aliphatic rings. The fourth-order valence-electron chi connectivity index (χ4n) is 3.94. The fourth-order valence-corrected chi connectivity index (χ4v) is 3.94. The van der Waals surface area contributed by atoms with Gasteiger partial charge in [0.15, 0.2) is 5.78 Å². The van der Waals surface area contributed by atoms with Crippen molar-refractivity contribution in [1.29, 1.82) is 0 Å². The van der Waals surface area contributed by atoms with Crippen LogP contribution < -0.4 is 5.32 Å². The number of rotatable bonds is 9. The first-order valence-electron chi connectivity index (χ1n) is 10.8. The molecule has 1 atom stereocenters. The molecule has 0 unspecified atom stereocenters. The summed E-state index contributed by atoms with van der Waals surface area (Å²) in [5.74, 6) is 1.50. The van der Waals surface area contributed by atoms with Gasteiger partial charge in [-0.1, -0.05) is 70.1 Å². The van der Waals surface area contributed by atoms with Crippen LogP contribution in [0.4, 0.5) is 0 Å². The Morgan fingerprint density at radius 3 is 2.83 bits per heavy atom. The number of tetrazole rings is 1. The molecule has 1 aromatic rings. The van der Waals surface area contributed by atoms with E-state index in [-0.39, 0.29) is 18.4 Å². The molecule has 1 aromatic heterocycles. The highest BCUT2D eigenvalue weighted by atomic mass is 16.1. The topological polar surface area (TPSA) is 72.7 Å². The molecule has 0 amide bonds. The molecule has 1 heterocycles. The molecule has 156 valence electrons. The summed E-state index contributed by atoms with van der Waals surface area (Å²) in [6.45, 7) is 8.64. The van der Waals surface area contributed by atoms with Crippen LogP contribution in [0.15, 0.2) is 42.7 Å². The molecular formula is C23H33N5O. The van der Waals surface area contributed by atoms with E-state index in [1.54, 1.807) is 0 Å². The summed E-state index contributed by atoms with van der Waals surface area (Å²) < 4.78 is 0. The van der Waals surface area contributed by atoms with Gasteiger partial charge in [0.05, 0.1) is 6.04 Å². The predicted molar refractivity (Wildman–Crippen MR) is 116 cm³/mol. The van der Waals surface area contributed by atoms with Gasteiger partial charge >= 0.3 is 0 Å². The molecule has 0 spiro atoms. The lowest BCUT2D eigenvalue weighted by Gasteiger charge is -2.28. The van der Waals surface area contributed by atoms with Crippen LogP contribution >= 0.6 is 0 Å². The number of ketones is 1. The highest BCUT2D eigenvalue weighted by molar-refractivity contribution is 5.84. The lowest BCUT2D eigenvalue weighted by Crippen LogP contribution is -2.41. The molecule has 0 saturated heterocycles. The molecule has 0 radical (unpaired) electrons. The Morgan fingerprint density at radius 1 is 1.28 bits per heavy atom. The van der Waals surface area contributed by atoms with Crippen LogP contribution in [0.3, 0.4) is 0 Å². The Labute approximate surface area is 173 Å². The maximum Gasteiger partial charge on any atom is 0.204 e. The van der Waals surface area contributed by atoms with Gasteiger partial charge in [0.1, 0.15) is 6.54 Å². The van der Waals surface area contributed by atoms with E-state index >= 15 is 0 Å². The normalized spacial score (nSPS) is 18.4. The van der Waals surface area contributed by atoms with Crippen molar-refractivity contribution in [3.05, 3.63) is 48.5 Å². The number of aromatic nitrogens is 4. The van der Waals surface area contributed by atoms with Gasteiger partial charge in [-0.05, 0) is 42.7 Å². The Balaban J connectivity index is 1.64. The fraction of sp³-hybridized carbons (Fsp3) is 0.565. The maximum atomic E-state index is 13.0. The molecule has 6 heteroatoms. The van der Waals surface area contributed by atoms with Crippen LogP contribution in [0, 0.1) is 11.8 Å². The standard InChI is InChI=1S/C23H33N5O/c1-17(2)15-21(24-18(3)19-11-9-6-10-12-19)22(29)16-28-26-23(25-27-28)20-13-7-4-5-8-14-20/h4,7-8,13-14,17,19,21,24H,3,5-6,9-12,15-16H2,1-2H3/t21-/m0/s1. The first-order valence-corrected chi connectivity index (χ1v) is 10.8. The minimum absolute atomic E-state index is 0.0740. The minimum Gasteiger partial charge on any atom is -0.379 e. The summed E-state index contributed by atoms with van der Waals surface area (Å²) in [6, 6.07) is -0.265. The van der Waals surface area contributed by atoms with Crippen molar-refractivity contribution in [2.45, 2.75) is 71.4 Å². The Kier molecular flexibility index (Phi) is 7.55. The van der Waals surface area contributed by atoms with Gasteiger partial charge in [-0.3, -0.25) is 4.79 Å². The Hall–Kier alpha value is -2.50. The summed E-state index contributed by atoms with van der Waals surface area (Å²) in [4.78, 5) is 14.4. The second-order valence-corrected chi connectivity index (χ2v) is 8.48. The van der Waals surface area contributed by atoms with Crippen LogP contribution in [0.1, 0.15) is 64.6 Å². The van der Waals surface area contributed by atoms with E-state index in [1.165, 1.54) is 36.9 Å². The SMILES string of the molecule is C=C(N[C@@H](CC(C)C)C(=O)Cn1nnc(C2=CC=CCC=C2)n1)C1CCCCC1. The average molecular weight is 396 g/mol. The third-order valence-electron chi connectivity index (χ3n) is 5.54. The molecule has 29 heavy (non-hydrogen) atoms.